The Bertz CT molecular complexity index is 239. The summed E-state index contributed by atoms with van der Waals surface area (Å²) in [5.41, 5.74) is 6.45. The van der Waals surface area contributed by atoms with Crippen molar-refractivity contribution in [3.05, 3.63) is 11.6 Å². The van der Waals surface area contributed by atoms with Crippen LogP contribution in [0.5, 0.6) is 0 Å². The molecule has 80 valence electrons. The molecule has 0 bridgehead atoms. The molecule has 0 fully saturated rings. The Labute approximate surface area is 86.6 Å². The molecule has 0 aliphatic heterocycles. The minimum absolute atomic E-state index is 0.183. The van der Waals surface area contributed by atoms with E-state index in [0.29, 0.717) is 0 Å². The first-order chi connectivity index (χ1) is 6.64. The zero-order valence-corrected chi connectivity index (χ0v) is 9.31. The molecule has 0 saturated carbocycles. The highest BCUT2D eigenvalue weighted by molar-refractivity contribution is 6.02. The average Bonchev–Trinajstić information content (AvgIpc) is 2.28. The highest BCUT2D eigenvalue weighted by Gasteiger charge is 2.32. The van der Waals surface area contributed by atoms with E-state index in [2.05, 4.69) is 6.08 Å². The van der Waals surface area contributed by atoms with Gasteiger partial charge in [0.05, 0.1) is 5.54 Å². The molecule has 2 N–H and O–H groups in total. The van der Waals surface area contributed by atoms with Crippen LogP contribution in [0.25, 0.3) is 0 Å². The Morgan fingerprint density at radius 2 is 2.07 bits per heavy atom. The summed E-state index contributed by atoms with van der Waals surface area (Å²) in [5, 5.41) is 0. The average molecular weight is 195 g/mol. The number of rotatable bonds is 4. The van der Waals surface area contributed by atoms with E-state index in [1.165, 1.54) is 6.42 Å². The first-order valence-corrected chi connectivity index (χ1v) is 5.66. The first-order valence-electron chi connectivity index (χ1n) is 5.66. The maximum Gasteiger partial charge on any atom is 0.178 e. The second-order valence-corrected chi connectivity index (χ2v) is 4.17. The second-order valence-electron chi connectivity index (χ2n) is 4.17. The second kappa shape index (κ2) is 4.74. The molecule has 14 heavy (non-hydrogen) atoms. The lowest BCUT2D eigenvalue weighted by molar-refractivity contribution is -0.121. The fourth-order valence-electron chi connectivity index (χ4n) is 1.94. The van der Waals surface area contributed by atoms with Gasteiger partial charge in [-0.2, -0.15) is 0 Å². The summed E-state index contributed by atoms with van der Waals surface area (Å²) in [6.07, 6.45) is 7.88. The van der Waals surface area contributed by atoms with Crippen LogP contribution in [-0.4, -0.2) is 11.3 Å². The van der Waals surface area contributed by atoms with Gasteiger partial charge in [-0.15, -0.1) is 0 Å². The summed E-state index contributed by atoms with van der Waals surface area (Å²) in [6.45, 7) is 3.98. The van der Waals surface area contributed by atoms with E-state index in [9.17, 15) is 4.79 Å². The highest BCUT2D eigenvalue weighted by atomic mass is 16.1. The Kier molecular flexibility index (Phi) is 3.87. The van der Waals surface area contributed by atoms with E-state index >= 15 is 0 Å². The van der Waals surface area contributed by atoms with Gasteiger partial charge in [0.1, 0.15) is 0 Å². The third kappa shape index (κ3) is 2.24. The molecule has 1 aliphatic carbocycles. The Balaban J connectivity index is 2.76. The minimum atomic E-state index is -0.608. The van der Waals surface area contributed by atoms with Crippen LogP contribution in [0, 0.1) is 0 Å². The molecule has 0 aromatic carbocycles. The third-order valence-corrected chi connectivity index (χ3v) is 3.30. The van der Waals surface area contributed by atoms with E-state index in [4.69, 9.17) is 5.73 Å². The molecule has 0 aromatic heterocycles. The number of Topliss-reactive ketones (excluding diaryl/α,β-unsaturated/α-hetero) is 1. The zero-order chi connectivity index (χ0) is 10.6. The molecule has 1 aliphatic rings. The fraction of sp³-hybridized carbons (Fsp3) is 0.750. The van der Waals surface area contributed by atoms with Crippen molar-refractivity contribution in [3.8, 4) is 0 Å². The van der Waals surface area contributed by atoms with Gasteiger partial charge in [-0.1, -0.05) is 19.9 Å². The van der Waals surface area contributed by atoms with Crippen LogP contribution >= 0.6 is 0 Å². The fourth-order valence-corrected chi connectivity index (χ4v) is 1.94. The summed E-state index contributed by atoms with van der Waals surface area (Å²) in [4.78, 5) is 12.1. The van der Waals surface area contributed by atoms with E-state index in [1.54, 1.807) is 0 Å². The summed E-state index contributed by atoms with van der Waals surface area (Å²) < 4.78 is 0. The highest BCUT2D eigenvalue weighted by Crippen LogP contribution is 2.24. The number of carbonyl (C=O) groups excluding carboxylic acids is 1. The zero-order valence-electron chi connectivity index (χ0n) is 9.31. The summed E-state index contributed by atoms with van der Waals surface area (Å²) in [6, 6.07) is 0. The number of ketones is 1. The SMILES string of the molecule is CCC(N)(CC)C(=O)C1=CCCCC1. The van der Waals surface area contributed by atoms with Gasteiger partial charge in [-0.25, -0.2) is 0 Å². The number of allylic oxidation sites excluding steroid dienone is 1. The van der Waals surface area contributed by atoms with Gasteiger partial charge >= 0.3 is 0 Å². The van der Waals surface area contributed by atoms with Crippen molar-refractivity contribution in [1.82, 2.24) is 0 Å². The van der Waals surface area contributed by atoms with Crippen LogP contribution < -0.4 is 5.73 Å². The van der Waals surface area contributed by atoms with Crippen LogP contribution in [0.1, 0.15) is 52.4 Å². The van der Waals surface area contributed by atoms with E-state index in [-0.39, 0.29) is 5.78 Å². The Morgan fingerprint density at radius 1 is 1.43 bits per heavy atom. The molecule has 0 unspecified atom stereocenters. The van der Waals surface area contributed by atoms with E-state index < -0.39 is 5.54 Å². The Morgan fingerprint density at radius 3 is 2.50 bits per heavy atom. The number of hydrogen-bond acceptors (Lipinski definition) is 2. The lowest BCUT2D eigenvalue weighted by Crippen LogP contribution is -2.47. The van der Waals surface area contributed by atoms with Crippen molar-refractivity contribution in [2.75, 3.05) is 0 Å². The summed E-state index contributed by atoms with van der Waals surface area (Å²) in [7, 11) is 0. The monoisotopic (exact) mass is 195 g/mol. The molecule has 0 saturated heterocycles. The molecule has 2 nitrogen and oxygen atoms in total. The lowest BCUT2D eigenvalue weighted by atomic mass is 9.82. The molecule has 2 heteroatoms. The predicted molar refractivity (Wildman–Crippen MR) is 59.1 cm³/mol. The molecule has 0 spiro atoms. The minimum Gasteiger partial charge on any atom is -0.319 e. The summed E-state index contributed by atoms with van der Waals surface area (Å²) in [5.74, 6) is 0.183. The first kappa shape index (κ1) is 11.4. The van der Waals surface area contributed by atoms with Crippen molar-refractivity contribution in [1.29, 1.82) is 0 Å². The van der Waals surface area contributed by atoms with Crippen LogP contribution in [-0.2, 0) is 4.79 Å². The van der Waals surface area contributed by atoms with Crippen molar-refractivity contribution in [2.45, 2.75) is 57.9 Å². The maximum absolute atomic E-state index is 12.1. The quantitative estimate of drug-likeness (QED) is 0.749. The summed E-state index contributed by atoms with van der Waals surface area (Å²) >= 11 is 0. The molecular weight excluding hydrogens is 174 g/mol. The van der Waals surface area contributed by atoms with E-state index in [0.717, 1.165) is 37.7 Å². The predicted octanol–water partition coefficient (Wildman–Crippen LogP) is 2.57. The van der Waals surface area contributed by atoms with Gasteiger partial charge in [-0.3, -0.25) is 4.79 Å². The van der Waals surface area contributed by atoms with Gasteiger partial charge < -0.3 is 5.73 Å². The smallest absolute Gasteiger partial charge is 0.178 e. The molecule has 0 radical (unpaired) electrons. The number of hydrogen-bond donors (Lipinski definition) is 1. The largest absolute Gasteiger partial charge is 0.319 e. The normalized spacial score (nSPS) is 17.8. The Hall–Kier alpha value is -0.630. The van der Waals surface area contributed by atoms with Gasteiger partial charge in [0.2, 0.25) is 0 Å². The van der Waals surface area contributed by atoms with Crippen LogP contribution in [0.4, 0.5) is 0 Å². The molecule has 1 rings (SSSR count). The number of nitrogens with two attached hydrogens (primary N) is 1. The van der Waals surface area contributed by atoms with Crippen molar-refractivity contribution in [2.24, 2.45) is 5.73 Å². The molecule has 0 aromatic rings. The van der Waals surface area contributed by atoms with Crippen LogP contribution in [0.2, 0.25) is 0 Å². The standard InChI is InChI=1S/C12H21NO/c1-3-12(13,4-2)11(14)10-8-6-5-7-9-10/h8H,3-7,9,13H2,1-2H3. The van der Waals surface area contributed by atoms with Gasteiger partial charge in [0, 0.05) is 0 Å². The van der Waals surface area contributed by atoms with Crippen LogP contribution in [0.3, 0.4) is 0 Å². The molecular formula is C12H21NO. The third-order valence-electron chi connectivity index (χ3n) is 3.30. The van der Waals surface area contributed by atoms with Crippen molar-refractivity contribution < 1.29 is 4.79 Å². The topological polar surface area (TPSA) is 43.1 Å². The van der Waals surface area contributed by atoms with Gasteiger partial charge in [0.25, 0.3) is 0 Å². The molecule has 0 atom stereocenters. The molecule has 0 heterocycles. The lowest BCUT2D eigenvalue weighted by Gasteiger charge is -2.27. The maximum atomic E-state index is 12.1. The molecule has 0 amide bonds. The van der Waals surface area contributed by atoms with E-state index in [1.807, 2.05) is 13.8 Å². The van der Waals surface area contributed by atoms with Crippen LogP contribution in [0.15, 0.2) is 11.6 Å². The van der Waals surface area contributed by atoms with Crippen molar-refractivity contribution >= 4 is 5.78 Å². The van der Waals surface area contributed by atoms with Gasteiger partial charge in [0.15, 0.2) is 5.78 Å². The number of carbonyl (C=O) groups is 1. The van der Waals surface area contributed by atoms with Gasteiger partial charge in [-0.05, 0) is 44.1 Å². The van der Waals surface area contributed by atoms with Crippen molar-refractivity contribution in [3.63, 3.8) is 0 Å².